The van der Waals surface area contributed by atoms with Crippen molar-refractivity contribution in [1.29, 1.82) is 0 Å². The number of hydrazine groups is 1. The molecule has 0 bridgehead atoms. The normalized spacial score (nSPS) is 12.2. The van der Waals surface area contributed by atoms with Crippen molar-refractivity contribution in [2.24, 2.45) is 5.84 Å². The van der Waals surface area contributed by atoms with Gasteiger partial charge in [0.25, 0.3) is 0 Å². The molecule has 3 N–H and O–H groups in total. The number of nitrogens with two attached hydrogens (primary N) is 1. The van der Waals surface area contributed by atoms with Crippen molar-refractivity contribution in [3.8, 4) is 5.75 Å². The van der Waals surface area contributed by atoms with Crippen LogP contribution in [-0.4, -0.2) is 7.11 Å². The van der Waals surface area contributed by atoms with Crippen molar-refractivity contribution in [2.75, 3.05) is 7.11 Å². The van der Waals surface area contributed by atoms with E-state index in [1.807, 2.05) is 24.3 Å². The van der Waals surface area contributed by atoms with Gasteiger partial charge in [0.1, 0.15) is 11.6 Å². The standard InChI is InChI=1S/C16H19FN2O/c1-3-11-6-4-5-7-13(11)16(19-18)14-10-12(17)8-9-15(14)20-2/h4-10,16,19H,3,18H2,1-2H3. The molecule has 0 aliphatic carbocycles. The third kappa shape index (κ3) is 2.81. The fourth-order valence-corrected chi connectivity index (χ4v) is 2.42. The quantitative estimate of drug-likeness (QED) is 0.651. The van der Waals surface area contributed by atoms with Gasteiger partial charge in [-0.25, -0.2) is 9.82 Å². The Kier molecular flexibility index (Phi) is 4.71. The van der Waals surface area contributed by atoms with Gasteiger partial charge < -0.3 is 4.74 Å². The van der Waals surface area contributed by atoms with Gasteiger partial charge in [-0.1, -0.05) is 31.2 Å². The lowest BCUT2D eigenvalue weighted by atomic mass is 9.93. The van der Waals surface area contributed by atoms with Gasteiger partial charge in [0.2, 0.25) is 0 Å². The van der Waals surface area contributed by atoms with Gasteiger partial charge in [-0.2, -0.15) is 0 Å². The Morgan fingerprint density at radius 1 is 1.20 bits per heavy atom. The molecule has 1 unspecified atom stereocenters. The number of ether oxygens (including phenoxy) is 1. The lowest BCUT2D eigenvalue weighted by Gasteiger charge is -2.22. The molecule has 106 valence electrons. The van der Waals surface area contributed by atoms with Gasteiger partial charge in [0.05, 0.1) is 13.2 Å². The van der Waals surface area contributed by atoms with Crippen LogP contribution in [0.1, 0.15) is 29.7 Å². The first-order valence-corrected chi connectivity index (χ1v) is 6.58. The van der Waals surface area contributed by atoms with E-state index >= 15 is 0 Å². The topological polar surface area (TPSA) is 47.3 Å². The molecule has 0 aliphatic heterocycles. The molecule has 1 atom stereocenters. The van der Waals surface area contributed by atoms with Crippen LogP contribution in [0, 0.1) is 5.82 Å². The fraction of sp³-hybridized carbons (Fsp3) is 0.250. The first-order chi connectivity index (χ1) is 9.71. The molecule has 2 rings (SSSR count). The van der Waals surface area contributed by atoms with Crippen LogP contribution in [0.5, 0.6) is 5.75 Å². The van der Waals surface area contributed by atoms with Crippen molar-refractivity contribution >= 4 is 0 Å². The minimum absolute atomic E-state index is 0.309. The maximum absolute atomic E-state index is 13.6. The van der Waals surface area contributed by atoms with Crippen LogP contribution in [0.25, 0.3) is 0 Å². The Labute approximate surface area is 118 Å². The summed E-state index contributed by atoms with van der Waals surface area (Å²) in [6.07, 6.45) is 0.881. The largest absolute Gasteiger partial charge is 0.496 e. The summed E-state index contributed by atoms with van der Waals surface area (Å²) in [7, 11) is 1.57. The number of hydrogen-bond donors (Lipinski definition) is 2. The minimum Gasteiger partial charge on any atom is -0.496 e. The highest BCUT2D eigenvalue weighted by Crippen LogP contribution is 2.32. The second-order valence-corrected chi connectivity index (χ2v) is 4.54. The van der Waals surface area contributed by atoms with Gasteiger partial charge in [0, 0.05) is 5.56 Å². The molecule has 0 fully saturated rings. The van der Waals surface area contributed by atoms with E-state index in [1.54, 1.807) is 13.2 Å². The number of aryl methyl sites for hydroxylation is 1. The van der Waals surface area contributed by atoms with E-state index in [0.29, 0.717) is 11.3 Å². The van der Waals surface area contributed by atoms with Crippen molar-refractivity contribution < 1.29 is 9.13 Å². The third-order valence-electron chi connectivity index (χ3n) is 3.42. The molecule has 0 saturated heterocycles. The van der Waals surface area contributed by atoms with Crippen LogP contribution < -0.4 is 16.0 Å². The predicted octanol–water partition coefficient (Wildman–Crippen LogP) is 2.95. The molecule has 2 aromatic rings. The monoisotopic (exact) mass is 274 g/mol. The number of methoxy groups -OCH3 is 1. The Bertz CT molecular complexity index is 586. The predicted molar refractivity (Wildman–Crippen MR) is 77.9 cm³/mol. The maximum atomic E-state index is 13.6. The molecule has 0 aliphatic rings. The first-order valence-electron chi connectivity index (χ1n) is 6.58. The van der Waals surface area contributed by atoms with Crippen LogP contribution in [0.2, 0.25) is 0 Å². The molecule has 4 heteroatoms. The molecule has 20 heavy (non-hydrogen) atoms. The number of benzene rings is 2. The Morgan fingerprint density at radius 3 is 2.60 bits per heavy atom. The van der Waals surface area contributed by atoms with E-state index in [2.05, 4.69) is 12.3 Å². The summed E-state index contributed by atoms with van der Waals surface area (Å²) in [5, 5.41) is 0. The second-order valence-electron chi connectivity index (χ2n) is 4.54. The summed E-state index contributed by atoms with van der Waals surface area (Å²) < 4.78 is 18.9. The van der Waals surface area contributed by atoms with Gasteiger partial charge in [-0.15, -0.1) is 0 Å². The molecule has 0 aromatic heterocycles. The van der Waals surface area contributed by atoms with Crippen molar-refractivity contribution in [3.63, 3.8) is 0 Å². The Balaban J connectivity index is 2.55. The molecule has 3 nitrogen and oxygen atoms in total. The Morgan fingerprint density at radius 2 is 1.95 bits per heavy atom. The van der Waals surface area contributed by atoms with E-state index in [4.69, 9.17) is 10.6 Å². The average Bonchev–Trinajstić information content (AvgIpc) is 2.49. The molecular formula is C16H19FN2O. The zero-order valence-corrected chi connectivity index (χ0v) is 11.7. The number of hydrogen-bond acceptors (Lipinski definition) is 3. The highest BCUT2D eigenvalue weighted by atomic mass is 19.1. The van der Waals surface area contributed by atoms with E-state index in [-0.39, 0.29) is 11.9 Å². The van der Waals surface area contributed by atoms with Crippen LogP contribution >= 0.6 is 0 Å². The molecule has 0 radical (unpaired) electrons. The second kappa shape index (κ2) is 6.50. The SMILES string of the molecule is CCc1ccccc1C(NN)c1cc(F)ccc1OC. The average molecular weight is 274 g/mol. The molecule has 0 amide bonds. The summed E-state index contributed by atoms with van der Waals surface area (Å²) in [6.45, 7) is 2.08. The van der Waals surface area contributed by atoms with Crippen LogP contribution in [0.4, 0.5) is 4.39 Å². The Hall–Kier alpha value is -1.91. The van der Waals surface area contributed by atoms with Crippen molar-refractivity contribution in [2.45, 2.75) is 19.4 Å². The van der Waals surface area contributed by atoms with E-state index in [0.717, 1.165) is 12.0 Å². The zero-order valence-electron chi connectivity index (χ0n) is 11.7. The minimum atomic E-state index is -0.310. The molecular weight excluding hydrogens is 255 g/mol. The summed E-state index contributed by atoms with van der Waals surface area (Å²) in [5.74, 6) is 6.01. The number of rotatable bonds is 5. The van der Waals surface area contributed by atoms with Gasteiger partial charge in [-0.3, -0.25) is 5.84 Å². The van der Waals surface area contributed by atoms with Crippen molar-refractivity contribution in [1.82, 2.24) is 5.43 Å². The molecule has 0 heterocycles. The zero-order chi connectivity index (χ0) is 14.5. The lowest BCUT2D eigenvalue weighted by molar-refractivity contribution is 0.402. The smallest absolute Gasteiger partial charge is 0.124 e. The van der Waals surface area contributed by atoms with Crippen LogP contribution in [0.3, 0.4) is 0 Å². The van der Waals surface area contributed by atoms with Gasteiger partial charge in [-0.05, 0) is 35.7 Å². The van der Waals surface area contributed by atoms with E-state index < -0.39 is 0 Å². The number of halogens is 1. The number of nitrogens with one attached hydrogen (secondary N) is 1. The summed E-state index contributed by atoms with van der Waals surface area (Å²) >= 11 is 0. The third-order valence-corrected chi connectivity index (χ3v) is 3.42. The first kappa shape index (κ1) is 14.5. The highest BCUT2D eigenvalue weighted by Gasteiger charge is 2.19. The summed E-state index contributed by atoms with van der Waals surface area (Å²) in [6, 6.07) is 12.1. The van der Waals surface area contributed by atoms with E-state index in [1.165, 1.54) is 17.7 Å². The van der Waals surface area contributed by atoms with Crippen molar-refractivity contribution in [3.05, 3.63) is 65.0 Å². The molecule has 0 spiro atoms. The van der Waals surface area contributed by atoms with Crippen LogP contribution in [-0.2, 0) is 6.42 Å². The van der Waals surface area contributed by atoms with Crippen LogP contribution in [0.15, 0.2) is 42.5 Å². The van der Waals surface area contributed by atoms with Gasteiger partial charge in [0.15, 0.2) is 0 Å². The molecule has 0 saturated carbocycles. The van der Waals surface area contributed by atoms with E-state index in [9.17, 15) is 4.39 Å². The summed E-state index contributed by atoms with van der Waals surface area (Å²) in [4.78, 5) is 0. The summed E-state index contributed by atoms with van der Waals surface area (Å²) in [5.41, 5.74) is 5.65. The fourth-order valence-electron chi connectivity index (χ4n) is 2.42. The lowest BCUT2D eigenvalue weighted by Crippen LogP contribution is -2.30. The highest BCUT2D eigenvalue weighted by molar-refractivity contribution is 5.44. The maximum Gasteiger partial charge on any atom is 0.124 e. The van der Waals surface area contributed by atoms with Gasteiger partial charge >= 0.3 is 0 Å². The molecule has 2 aromatic carbocycles.